The van der Waals surface area contributed by atoms with Gasteiger partial charge in [-0.2, -0.15) is 10.1 Å². The zero-order valence-electron chi connectivity index (χ0n) is 19.5. The Bertz CT molecular complexity index is 1140. The van der Waals surface area contributed by atoms with Crippen molar-refractivity contribution in [3.05, 3.63) is 72.1 Å². The highest BCUT2D eigenvalue weighted by atomic mass is 16.6. The Morgan fingerprint density at radius 1 is 1.20 bits per heavy atom. The second kappa shape index (κ2) is 12.3. The quantitative estimate of drug-likeness (QED) is 0.275. The molecule has 1 aliphatic heterocycles. The van der Waals surface area contributed by atoms with Gasteiger partial charge in [-0.05, 0) is 24.6 Å². The number of amides is 1. The van der Waals surface area contributed by atoms with E-state index in [2.05, 4.69) is 30.7 Å². The summed E-state index contributed by atoms with van der Waals surface area (Å²) < 4.78 is 16.4. The van der Waals surface area contributed by atoms with E-state index in [0.29, 0.717) is 30.7 Å². The summed E-state index contributed by atoms with van der Waals surface area (Å²) in [6.45, 7) is 5.37. The summed E-state index contributed by atoms with van der Waals surface area (Å²) in [5, 5.41) is 6.97. The summed E-state index contributed by atoms with van der Waals surface area (Å²) in [7, 11) is 0. The van der Waals surface area contributed by atoms with E-state index in [4.69, 9.17) is 14.2 Å². The average Bonchev–Trinajstić information content (AvgIpc) is 2.88. The molecule has 3 heterocycles. The number of rotatable bonds is 9. The molecule has 0 saturated carbocycles. The first-order valence-electron chi connectivity index (χ1n) is 11.3. The number of benzene rings is 1. The molecule has 0 atom stereocenters. The molecule has 4 rings (SSSR count). The van der Waals surface area contributed by atoms with Crippen LogP contribution in [0.4, 0.5) is 16.3 Å². The molecule has 2 aromatic heterocycles. The van der Waals surface area contributed by atoms with Gasteiger partial charge in [0.2, 0.25) is 5.88 Å². The van der Waals surface area contributed by atoms with Gasteiger partial charge in [0.15, 0.2) is 11.6 Å². The van der Waals surface area contributed by atoms with Gasteiger partial charge in [-0.1, -0.05) is 29.8 Å². The van der Waals surface area contributed by atoms with Crippen LogP contribution in [0.5, 0.6) is 11.6 Å². The lowest BCUT2D eigenvalue weighted by molar-refractivity contribution is 0.122. The smallest absolute Gasteiger partial charge is 0.412 e. The minimum Gasteiger partial charge on any atom is -0.476 e. The number of anilines is 2. The van der Waals surface area contributed by atoms with Crippen molar-refractivity contribution in [2.24, 2.45) is 5.10 Å². The summed E-state index contributed by atoms with van der Waals surface area (Å²) in [6, 6.07) is 15.2. The number of ether oxygens (including phenoxy) is 3. The average molecular weight is 477 g/mol. The standard InChI is InChI=1S/C25H28N6O4/c1-19-4-2-5-20(14-19)17-28-30-23-15-21(31-9-12-33-13-10-31)16-24(29-23)34-11-8-27-25(32)35-22-6-3-7-26-18-22/h2-7,14-18H,8-13H2,1H3,(H,27,32)(H,29,30). The number of pyridine rings is 2. The second-order valence-corrected chi connectivity index (χ2v) is 7.79. The monoisotopic (exact) mass is 476 g/mol. The molecule has 2 N–H and O–H groups in total. The number of carbonyl (C=O) groups is 1. The van der Waals surface area contributed by atoms with Crippen molar-refractivity contribution in [2.75, 3.05) is 49.8 Å². The van der Waals surface area contributed by atoms with Crippen LogP contribution in [0.1, 0.15) is 11.1 Å². The second-order valence-electron chi connectivity index (χ2n) is 7.79. The molecule has 0 aliphatic carbocycles. The molecular formula is C25H28N6O4. The van der Waals surface area contributed by atoms with Gasteiger partial charge in [-0.15, -0.1) is 0 Å². The van der Waals surface area contributed by atoms with Crippen LogP contribution in [0.25, 0.3) is 0 Å². The first-order chi connectivity index (χ1) is 17.2. The van der Waals surface area contributed by atoms with Gasteiger partial charge in [0.25, 0.3) is 0 Å². The topological polar surface area (TPSA) is 110 Å². The minimum absolute atomic E-state index is 0.216. The summed E-state index contributed by atoms with van der Waals surface area (Å²) >= 11 is 0. The van der Waals surface area contributed by atoms with Crippen LogP contribution in [0, 0.1) is 6.92 Å². The van der Waals surface area contributed by atoms with Gasteiger partial charge >= 0.3 is 6.09 Å². The lowest BCUT2D eigenvalue weighted by Gasteiger charge is -2.29. The molecule has 1 aliphatic rings. The van der Waals surface area contributed by atoms with Crippen molar-refractivity contribution >= 4 is 23.8 Å². The van der Waals surface area contributed by atoms with Crippen LogP contribution >= 0.6 is 0 Å². The fraction of sp³-hybridized carbons (Fsp3) is 0.280. The Morgan fingerprint density at radius 3 is 2.89 bits per heavy atom. The number of nitrogens with one attached hydrogen (secondary N) is 2. The molecule has 182 valence electrons. The summed E-state index contributed by atoms with van der Waals surface area (Å²) in [5.74, 6) is 1.34. The molecule has 1 saturated heterocycles. The maximum Gasteiger partial charge on any atom is 0.412 e. The number of hydrogen-bond acceptors (Lipinski definition) is 9. The number of hydrogen-bond donors (Lipinski definition) is 2. The molecule has 0 unspecified atom stereocenters. The van der Waals surface area contributed by atoms with Crippen LogP contribution < -0.4 is 25.1 Å². The molecule has 3 aromatic rings. The highest BCUT2D eigenvalue weighted by Crippen LogP contribution is 2.24. The van der Waals surface area contributed by atoms with E-state index in [-0.39, 0.29) is 13.2 Å². The van der Waals surface area contributed by atoms with Gasteiger partial charge in [-0.25, -0.2) is 4.79 Å². The molecule has 1 fully saturated rings. The Labute approximate surface area is 203 Å². The van der Waals surface area contributed by atoms with E-state index in [0.717, 1.165) is 29.9 Å². The third kappa shape index (κ3) is 7.68. The van der Waals surface area contributed by atoms with Gasteiger partial charge in [0, 0.05) is 37.1 Å². The van der Waals surface area contributed by atoms with E-state index in [1.807, 2.05) is 43.3 Å². The Morgan fingerprint density at radius 2 is 2.09 bits per heavy atom. The molecular weight excluding hydrogens is 448 g/mol. The lowest BCUT2D eigenvalue weighted by atomic mass is 10.2. The van der Waals surface area contributed by atoms with E-state index < -0.39 is 6.09 Å². The summed E-state index contributed by atoms with van der Waals surface area (Å²) in [4.78, 5) is 22.5. The number of hydrazone groups is 1. The molecule has 10 heteroatoms. The fourth-order valence-electron chi connectivity index (χ4n) is 3.41. The number of carbonyl (C=O) groups excluding carboxylic acids is 1. The SMILES string of the molecule is Cc1cccc(C=NNc2cc(N3CCOCC3)cc(OCCNC(=O)Oc3cccnc3)n2)c1. The van der Waals surface area contributed by atoms with Gasteiger partial charge in [-0.3, -0.25) is 10.4 Å². The van der Waals surface area contributed by atoms with Crippen LogP contribution in [-0.4, -0.2) is 61.7 Å². The van der Waals surface area contributed by atoms with Crippen LogP contribution in [0.2, 0.25) is 0 Å². The predicted molar refractivity (Wildman–Crippen MR) is 133 cm³/mol. The van der Waals surface area contributed by atoms with Crippen molar-refractivity contribution in [1.29, 1.82) is 0 Å². The highest BCUT2D eigenvalue weighted by molar-refractivity contribution is 5.80. The normalized spacial score (nSPS) is 13.5. The van der Waals surface area contributed by atoms with Crippen LogP contribution in [0.15, 0.2) is 66.0 Å². The van der Waals surface area contributed by atoms with E-state index in [1.165, 1.54) is 6.20 Å². The Hall–Kier alpha value is -4.18. The predicted octanol–water partition coefficient (Wildman–Crippen LogP) is 3.24. The largest absolute Gasteiger partial charge is 0.476 e. The summed E-state index contributed by atoms with van der Waals surface area (Å²) in [6.07, 6.45) is 4.24. The van der Waals surface area contributed by atoms with E-state index >= 15 is 0 Å². The molecule has 0 spiro atoms. The first-order valence-corrected chi connectivity index (χ1v) is 11.3. The van der Waals surface area contributed by atoms with E-state index in [1.54, 1.807) is 24.5 Å². The van der Waals surface area contributed by atoms with Crippen molar-refractivity contribution < 1.29 is 19.0 Å². The van der Waals surface area contributed by atoms with Crippen molar-refractivity contribution in [3.63, 3.8) is 0 Å². The van der Waals surface area contributed by atoms with Crippen molar-refractivity contribution in [3.8, 4) is 11.6 Å². The number of aromatic nitrogens is 2. The van der Waals surface area contributed by atoms with E-state index in [9.17, 15) is 4.79 Å². The zero-order chi connectivity index (χ0) is 24.3. The van der Waals surface area contributed by atoms with Crippen molar-refractivity contribution in [2.45, 2.75) is 6.92 Å². The lowest BCUT2D eigenvalue weighted by Crippen LogP contribution is -2.36. The molecule has 0 bridgehead atoms. The number of morpholine rings is 1. The Kier molecular flexibility index (Phi) is 8.44. The Balaban J connectivity index is 1.36. The molecule has 1 aromatic carbocycles. The molecule has 0 radical (unpaired) electrons. The number of aryl methyl sites for hydroxylation is 1. The van der Waals surface area contributed by atoms with Crippen LogP contribution in [0.3, 0.4) is 0 Å². The minimum atomic E-state index is -0.579. The first kappa shape index (κ1) is 24.0. The highest BCUT2D eigenvalue weighted by Gasteiger charge is 2.14. The van der Waals surface area contributed by atoms with Crippen LogP contribution in [-0.2, 0) is 4.74 Å². The van der Waals surface area contributed by atoms with Crippen molar-refractivity contribution in [1.82, 2.24) is 15.3 Å². The van der Waals surface area contributed by atoms with Gasteiger partial charge in [0.1, 0.15) is 6.61 Å². The third-order valence-electron chi connectivity index (χ3n) is 5.06. The molecule has 1 amide bonds. The summed E-state index contributed by atoms with van der Waals surface area (Å²) in [5.41, 5.74) is 6.10. The molecule has 10 nitrogen and oxygen atoms in total. The number of nitrogens with zero attached hydrogens (tertiary/aromatic N) is 4. The molecule has 35 heavy (non-hydrogen) atoms. The third-order valence-corrected chi connectivity index (χ3v) is 5.06. The van der Waals surface area contributed by atoms with Gasteiger partial charge in [0.05, 0.1) is 32.2 Å². The maximum atomic E-state index is 11.9. The fourth-order valence-corrected chi connectivity index (χ4v) is 3.41. The maximum absolute atomic E-state index is 11.9. The zero-order valence-corrected chi connectivity index (χ0v) is 19.5. The van der Waals surface area contributed by atoms with Gasteiger partial charge < -0.3 is 24.4 Å².